The molecule has 0 aliphatic rings. The number of hydrogen-bond acceptors (Lipinski definition) is 5. The number of rotatable bonds is 7. The van der Waals surface area contributed by atoms with Gasteiger partial charge in [0.1, 0.15) is 5.56 Å². The predicted octanol–water partition coefficient (Wildman–Crippen LogP) is 3.71. The normalized spacial score (nSPS) is 11.8. The van der Waals surface area contributed by atoms with E-state index >= 15 is 0 Å². The van der Waals surface area contributed by atoms with E-state index in [1.165, 1.54) is 23.6 Å². The summed E-state index contributed by atoms with van der Waals surface area (Å²) in [5.74, 6) is -0.977. The molecule has 0 fully saturated rings. The molecule has 4 aromatic rings. The van der Waals surface area contributed by atoms with Crippen LogP contribution in [0.3, 0.4) is 0 Å². The van der Waals surface area contributed by atoms with Gasteiger partial charge in [0.05, 0.1) is 35.4 Å². The molecular weight excluding hydrogens is 517 g/mol. The maximum Gasteiger partial charge on any atom is 0.416 e. The van der Waals surface area contributed by atoms with Crippen LogP contribution in [0.25, 0.3) is 16.7 Å². The third kappa shape index (κ3) is 4.82. The molecule has 0 spiro atoms. The van der Waals surface area contributed by atoms with Crippen molar-refractivity contribution in [2.24, 2.45) is 0 Å². The highest BCUT2D eigenvalue weighted by atomic mass is 19.4. The second-order valence-electron chi connectivity index (χ2n) is 8.84. The van der Waals surface area contributed by atoms with Crippen LogP contribution in [0.2, 0.25) is 0 Å². The highest BCUT2D eigenvalue weighted by Gasteiger charge is 2.33. The molecular formula is C27H27F3N4O5. The highest BCUT2D eigenvalue weighted by Crippen LogP contribution is 2.33. The lowest BCUT2D eigenvalue weighted by Gasteiger charge is -2.16. The fraction of sp³-hybridized carbons (Fsp3) is 0.333. The average Bonchev–Trinajstić information content (AvgIpc) is 3.16. The number of aryl methyl sites for hydroxylation is 2. The molecule has 12 heteroatoms. The fourth-order valence-electron chi connectivity index (χ4n) is 4.68. The zero-order valence-corrected chi connectivity index (χ0v) is 21.8. The molecule has 0 unspecified atom stereocenters. The third-order valence-corrected chi connectivity index (χ3v) is 6.66. The summed E-state index contributed by atoms with van der Waals surface area (Å²) in [6.07, 6.45) is -3.57. The molecule has 0 N–H and O–H groups in total. The standard InChI is InChI=1S/C27H27F3N4O5/c1-5-31-21-12-11-18(13-22(21)32(6-2)25(31)37)33-15-19(24(36)39-7-3)23(35)34(26(33)38)14-17-9-8-10-20(16(17)4)27(28,29)30/h8-13,15H,5-7,14H2,1-4H3. The molecule has 0 saturated carbocycles. The number of hydrogen-bond donors (Lipinski definition) is 0. The zero-order chi connectivity index (χ0) is 28.6. The Hall–Kier alpha value is -4.35. The average molecular weight is 545 g/mol. The van der Waals surface area contributed by atoms with Gasteiger partial charge in [-0.05, 0) is 63.1 Å². The van der Waals surface area contributed by atoms with Crippen LogP contribution in [0.4, 0.5) is 13.2 Å². The lowest BCUT2D eigenvalue weighted by molar-refractivity contribution is -0.138. The predicted molar refractivity (Wildman–Crippen MR) is 139 cm³/mol. The Labute approximate surface area is 220 Å². The van der Waals surface area contributed by atoms with Crippen molar-refractivity contribution in [3.05, 3.63) is 96.2 Å². The maximum atomic E-state index is 13.6. The number of fused-ring (bicyclic) bond motifs is 1. The topological polar surface area (TPSA) is 97.2 Å². The molecule has 0 amide bonds. The van der Waals surface area contributed by atoms with E-state index in [4.69, 9.17) is 4.74 Å². The molecule has 0 radical (unpaired) electrons. The minimum Gasteiger partial charge on any atom is -0.462 e. The lowest BCUT2D eigenvalue weighted by atomic mass is 10.0. The molecule has 2 heterocycles. The Kier molecular flexibility index (Phi) is 7.40. The number of alkyl halides is 3. The Bertz CT molecular complexity index is 1760. The van der Waals surface area contributed by atoms with E-state index in [1.807, 2.05) is 6.92 Å². The first-order valence-corrected chi connectivity index (χ1v) is 12.4. The smallest absolute Gasteiger partial charge is 0.416 e. The van der Waals surface area contributed by atoms with Crippen LogP contribution in [-0.4, -0.2) is 30.8 Å². The minimum atomic E-state index is -4.63. The number of carbonyl (C=O) groups excluding carboxylic acids is 1. The SMILES string of the molecule is CCOC(=O)c1cn(-c2ccc3c(c2)n(CC)c(=O)n3CC)c(=O)n(Cc2cccc(C(F)(F)F)c2C)c1=O. The van der Waals surface area contributed by atoms with E-state index < -0.39 is 41.1 Å². The number of halogens is 3. The van der Waals surface area contributed by atoms with Crippen molar-refractivity contribution in [1.29, 1.82) is 0 Å². The van der Waals surface area contributed by atoms with Gasteiger partial charge in [0.25, 0.3) is 5.56 Å². The first-order valence-electron chi connectivity index (χ1n) is 12.4. The number of carbonyl (C=O) groups is 1. The molecule has 0 atom stereocenters. The van der Waals surface area contributed by atoms with Crippen molar-refractivity contribution in [2.45, 2.75) is 53.5 Å². The summed E-state index contributed by atoms with van der Waals surface area (Å²) in [6, 6.07) is 8.31. The van der Waals surface area contributed by atoms with Crippen LogP contribution in [-0.2, 0) is 30.5 Å². The van der Waals surface area contributed by atoms with Gasteiger partial charge < -0.3 is 4.74 Å². The quantitative estimate of drug-likeness (QED) is 0.331. The van der Waals surface area contributed by atoms with Crippen molar-refractivity contribution in [3.8, 4) is 5.69 Å². The van der Waals surface area contributed by atoms with Crippen molar-refractivity contribution in [3.63, 3.8) is 0 Å². The van der Waals surface area contributed by atoms with Crippen LogP contribution in [0, 0.1) is 6.92 Å². The first kappa shape index (κ1) is 27.7. The fourth-order valence-corrected chi connectivity index (χ4v) is 4.68. The summed E-state index contributed by atoms with van der Waals surface area (Å²) in [5, 5.41) is 0. The Morgan fingerprint density at radius 1 is 0.897 bits per heavy atom. The second kappa shape index (κ2) is 10.4. The van der Waals surface area contributed by atoms with E-state index in [2.05, 4.69) is 0 Å². The molecule has 0 aliphatic heterocycles. The molecule has 0 aliphatic carbocycles. The van der Waals surface area contributed by atoms with Gasteiger partial charge in [-0.3, -0.25) is 23.1 Å². The number of aromatic nitrogens is 4. The lowest BCUT2D eigenvalue weighted by Crippen LogP contribution is -2.42. The van der Waals surface area contributed by atoms with Crippen LogP contribution < -0.4 is 16.9 Å². The second-order valence-corrected chi connectivity index (χ2v) is 8.84. The molecule has 2 aromatic heterocycles. The molecule has 0 bridgehead atoms. The third-order valence-electron chi connectivity index (χ3n) is 6.66. The van der Waals surface area contributed by atoms with Gasteiger partial charge in [-0.15, -0.1) is 0 Å². The van der Waals surface area contributed by atoms with Crippen LogP contribution in [0.15, 0.2) is 57.0 Å². The molecule has 4 rings (SSSR count). The first-order chi connectivity index (χ1) is 18.4. The monoisotopic (exact) mass is 544 g/mol. The molecule has 2 aromatic carbocycles. The van der Waals surface area contributed by atoms with Crippen molar-refractivity contribution >= 4 is 17.0 Å². The van der Waals surface area contributed by atoms with Crippen LogP contribution in [0.5, 0.6) is 0 Å². The Morgan fingerprint density at radius 2 is 1.56 bits per heavy atom. The summed E-state index contributed by atoms with van der Waals surface area (Å²) in [5.41, 5.74) is -2.05. The van der Waals surface area contributed by atoms with Crippen LogP contribution >= 0.6 is 0 Å². The van der Waals surface area contributed by atoms with Crippen LogP contribution in [0.1, 0.15) is 47.8 Å². The van der Waals surface area contributed by atoms with E-state index in [1.54, 1.807) is 36.6 Å². The summed E-state index contributed by atoms with van der Waals surface area (Å²) in [4.78, 5) is 52.3. The maximum absolute atomic E-state index is 13.6. The number of nitrogens with zero attached hydrogens (tertiary/aromatic N) is 4. The van der Waals surface area contributed by atoms with Gasteiger partial charge >= 0.3 is 23.5 Å². The highest BCUT2D eigenvalue weighted by molar-refractivity contribution is 5.88. The largest absolute Gasteiger partial charge is 0.462 e. The molecule has 206 valence electrons. The van der Waals surface area contributed by atoms with Gasteiger partial charge in [0, 0.05) is 19.3 Å². The van der Waals surface area contributed by atoms with E-state index in [9.17, 15) is 32.3 Å². The Balaban J connectivity index is 1.98. The summed E-state index contributed by atoms with van der Waals surface area (Å²) >= 11 is 0. The number of imidazole rings is 1. The number of benzene rings is 2. The van der Waals surface area contributed by atoms with Crippen molar-refractivity contribution in [1.82, 2.24) is 18.3 Å². The van der Waals surface area contributed by atoms with Gasteiger partial charge in [0.2, 0.25) is 0 Å². The van der Waals surface area contributed by atoms with E-state index in [-0.39, 0.29) is 29.1 Å². The van der Waals surface area contributed by atoms with Crippen molar-refractivity contribution in [2.75, 3.05) is 6.61 Å². The van der Waals surface area contributed by atoms with Gasteiger partial charge in [0.15, 0.2) is 0 Å². The minimum absolute atomic E-state index is 0.0383. The number of ether oxygens (including phenoxy) is 1. The van der Waals surface area contributed by atoms with E-state index in [0.717, 1.165) is 16.8 Å². The summed E-state index contributed by atoms with van der Waals surface area (Å²) < 4.78 is 50.4. The Morgan fingerprint density at radius 3 is 2.18 bits per heavy atom. The van der Waals surface area contributed by atoms with E-state index in [0.29, 0.717) is 28.7 Å². The van der Waals surface area contributed by atoms with Gasteiger partial charge in [-0.1, -0.05) is 12.1 Å². The molecule has 9 nitrogen and oxygen atoms in total. The number of esters is 1. The van der Waals surface area contributed by atoms with Gasteiger partial charge in [-0.2, -0.15) is 13.2 Å². The summed E-state index contributed by atoms with van der Waals surface area (Å²) in [6.45, 7) is 6.69. The zero-order valence-electron chi connectivity index (χ0n) is 21.8. The summed E-state index contributed by atoms with van der Waals surface area (Å²) in [7, 11) is 0. The van der Waals surface area contributed by atoms with Crippen molar-refractivity contribution < 1.29 is 22.7 Å². The molecule has 0 saturated heterocycles. The van der Waals surface area contributed by atoms with Gasteiger partial charge in [-0.25, -0.2) is 14.4 Å². The molecule has 39 heavy (non-hydrogen) atoms.